The number of halogens is 3. The number of primary amides is 1. The van der Waals surface area contributed by atoms with E-state index in [2.05, 4.69) is 4.98 Å². The van der Waals surface area contributed by atoms with Crippen LogP contribution in [0.2, 0.25) is 0 Å². The van der Waals surface area contributed by atoms with Gasteiger partial charge in [-0.2, -0.15) is 13.2 Å². The van der Waals surface area contributed by atoms with E-state index in [1.165, 1.54) is 12.1 Å². The number of carbonyl (C=O) groups excluding carboxylic acids is 2. The molecule has 1 aromatic rings. The van der Waals surface area contributed by atoms with Crippen molar-refractivity contribution in [2.24, 2.45) is 5.73 Å². The Kier molecular flexibility index (Phi) is 3.41. The number of hydrogen-bond acceptors (Lipinski definition) is 3. The molecule has 0 bridgehead atoms. The van der Waals surface area contributed by atoms with Gasteiger partial charge in [0, 0.05) is 0 Å². The van der Waals surface area contributed by atoms with Crippen molar-refractivity contribution in [3.05, 3.63) is 24.0 Å². The minimum absolute atomic E-state index is 0.0879. The molecule has 2 amide bonds. The van der Waals surface area contributed by atoms with Crippen LogP contribution in [0.1, 0.15) is 25.0 Å². The van der Waals surface area contributed by atoms with Gasteiger partial charge in [0.1, 0.15) is 0 Å². The Hall–Kier alpha value is -2.12. The molecule has 0 radical (unpaired) electrons. The first-order valence-corrected chi connectivity index (χ1v) is 5.90. The van der Waals surface area contributed by atoms with Crippen LogP contribution < -0.4 is 11.1 Å². The number of hydrogen-bond donors (Lipinski definition) is 2. The summed E-state index contributed by atoms with van der Waals surface area (Å²) in [6, 6.07) is 2.69. The molecule has 1 aliphatic rings. The number of nitrogens with one attached hydrogen (secondary N) is 1. The van der Waals surface area contributed by atoms with Crippen molar-refractivity contribution in [3.63, 3.8) is 0 Å². The van der Waals surface area contributed by atoms with Gasteiger partial charge in [-0.15, -0.1) is 0 Å². The van der Waals surface area contributed by atoms with Crippen LogP contribution in [0.15, 0.2) is 18.3 Å². The first-order valence-electron chi connectivity index (χ1n) is 5.90. The number of anilines is 1. The number of nitrogens with two attached hydrogens (primary N) is 1. The average molecular weight is 287 g/mol. The van der Waals surface area contributed by atoms with Crippen LogP contribution in [0, 0.1) is 0 Å². The summed E-state index contributed by atoms with van der Waals surface area (Å²) in [5.41, 5.74) is 4.85. The van der Waals surface area contributed by atoms with Crippen molar-refractivity contribution >= 4 is 17.5 Å². The molecule has 5 nitrogen and oxygen atoms in total. The third kappa shape index (κ3) is 2.45. The van der Waals surface area contributed by atoms with Gasteiger partial charge in [-0.05, 0) is 25.0 Å². The second-order valence-corrected chi connectivity index (χ2v) is 4.68. The van der Waals surface area contributed by atoms with Crippen LogP contribution in [0.4, 0.5) is 18.9 Å². The minimum Gasteiger partial charge on any atom is -0.369 e. The maximum atomic E-state index is 12.1. The van der Waals surface area contributed by atoms with Gasteiger partial charge in [-0.25, -0.2) is 0 Å². The fourth-order valence-electron chi connectivity index (χ4n) is 2.11. The Bertz CT molecular complexity index is 536. The predicted molar refractivity (Wildman–Crippen MR) is 63.6 cm³/mol. The molecule has 1 aromatic heterocycles. The second kappa shape index (κ2) is 4.77. The normalized spacial score (nSPS) is 17.1. The molecule has 0 aromatic carbocycles. The molecular weight excluding hydrogens is 275 g/mol. The highest BCUT2D eigenvalue weighted by atomic mass is 19.4. The molecule has 0 saturated heterocycles. The van der Waals surface area contributed by atoms with Crippen LogP contribution in [0.5, 0.6) is 0 Å². The van der Waals surface area contributed by atoms with Gasteiger partial charge in [0.2, 0.25) is 5.91 Å². The molecule has 0 atom stereocenters. The summed E-state index contributed by atoms with van der Waals surface area (Å²) in [6.07, 6.45) is -1.88. The third-order valence-electron chi connectivity index (χ3n) is 3.45. The van der Waals surface area contributed by atoms with Gasteiger partial charge in [0.05, 0.1) is 23.0 Å². The number of alkyl halides is 3. The Labute approximate surface area is 112 Å². The molecule has 1 saturated carbocycles. The molecule has 0 aliphatic heterocycles. The fourth-order valence-corrected chi connectivity index (χ4v) is 2.11. The molecule has 2 rings (SSSR count). The maximum absolute atomic E-state index is 12.1. The second-order valence-electron chi connectivity index (χ2n) is 4.68. The number of rotatable bonds is 3. The summed E-state index contributed by atoms with van der Waals surface area (Å²) in [7, 11) is 0. The number of amides is 2. The molecule has 3 N–H and O–H groups in total. The topological polar surface area (TPSA) is 85.1 Å². The standard InChI is InChI=1S/C12H12F3N3O2/c13-12(14,15)10(20)18-7-2-3-8(17-6-7)11(9(16)19)4-1-5-11/h2-3,6H,1,4-5H2,(H2,16,19)(H,18,20). The van der Waals surface area contributed by atoms with Crippen molar-refractivity contribution in [2.75, 3.05) is 5.32 Å². The highest BCUT2D eigenvalue weighted by Gasteiger charge is 2.45. The van der Waals surface area contributed by atoms with Gasteiger partial charge in [0.25, 0.3) is 0 Å². The van der Waals surface area contributed by atoms with E-state index in [0.717, 1.165) is 12.6 Å². The number of pyridine rings is 1. The number of nitrogens with zero attached hydrogens (tertiary/aromatic N) is 1. The van der Waals surface area contributed by atoms with Crippen LogP contribution in [0.3, 0.4) is 0 Å². The SMILES string of the molecule is NC(=O)C1(c2ccc(NC(=O)C(F)(F)F)cn2)CCC1. The summed E-state index contributed by atoms with van der Waals surface area (Å²) in [5, 5.41) is 1.68. The van der Waals surface area contributed by atoms with Crippen LogP contribution in [0.25, 0.3) is 0 Å². The zero-order valence-corrected chi connectivity index (χ0v) is 10.3. The Morgan fingerprint density at radius 1 is 1.30 bits per heavy atom. The summed E-state index contributed by atoms with van der Waals surface area (Å²) < 4.78 is 36.2. The Morgan fingerprint density at radius 3 is 2.30 bits per heavy atom. The molecule has 0 spiro atoms. The van der Waals surface area contributed by atoms with E-state index in [1.807, 2.05) is 0 Å². The quantitative estimate of drug-likeness (QED) is 0.883. The largest absolute Gasteiger partial charge is 0.471 e. The van der Waals surface area contributed by atoms with Gasteiger partial charge in [0.15, 0.2) is 0 Å². The molecule has 1 heterocycles. The van der Waals surface area contributed by atoms with Crippen molar-refractivity contribution in [1.29, 1.82) is 0 Å². The molecule has 20 heavy (non-hydrogen) atoms. The number of carbonyl (C=O) groups is 2. The smallest absolute Gasteiger partial charge is 0.369 e. The fraction of sp³-hybridized carbons (Fsp3) is 0.417. The highest BCUT2D eigenvalue weighted by Crippen LogP contribution is 2.42. The molecular formula is C12H12F3N3O2. The first-order chi connectivity index (χ1) is 9.25. The van der Waals surface area contributed by atoms with E-state index in [4.69, 9.17) is 5.73 Å². The summed E-state index contributed by atoms with van der Waals surface area (Å²) in [4.78, 5) is 26.2. The van der Waals surface area contributed by atoms with Gasteiger partial charge < -0.3 is 11.1 Å². The van der Waals surface area contributed by atoms with Gasteiger partial charge >= 0.3 is 12.1 Å². The molecule has 8 heteroatoms. The van der Waals surface area contributed by atoms with E-state index in [1.54, 1.807) is 5.32 Å². The molecule has 1 fully saturated rings. The van der Waals surface area contributed by atoms with Crippen LogP contribution in [-0.4, -0.2) is 23.0 Å². The maximum Gasteiger partial charge on any atom is 0.471 e. The first kappa shape index (κ1) is 14.3. The molecule has 108 valence electrons. The van der Waals surface area contributed by atoms with Crippen molar-refractivity contribution < 1.29 is 22.8 Å². The van der Waals surface area contributed by atoms with E-state index in [0.29, 0.717) is 18.5 Å². The van der Waals surface area contributed by atoms with E-state index >= 15 is 0 Å². The summed E-state index contributed by atoms with van der Waals surface area (Å²) in [6.45, 7) is 0. The Morgan fingerprint density at radius 2 is 1.95 bits per heavy atom. The Balaban J connectivity index is 2.15. The van der Waals surface area contributed by atoms with Crippen molar-refractivity contribution in [3.8, 4) is 0 Å². The van der Waals surface area contributed by atoms with E-state index in [9.17, 15) is 22.8 Å². The van der Waals surface area contributed by atoms with E-state index < -0.39 is 23.4 Å². The predicted octanol–water partition coefficient (Wildman–Crippen LogP) is 1.49. The van der Waals surface area contributed by atoms with E-state index in [-0.39, 0.29) is 5.69 Å². The van der Waals surface area contributed by atoms with Gasteiger partial charge in [-0.3, -0.25) is 14.6 Å². The summed E-state index contributed by atoms with van der Waals surface area (Å²) >= 11 is 0. The van der Waals surface area contributed by atoms with Crippen LogP contribution in [-0.2, 0) is 15.0 Å². The molecule has 0 unspecified atom stereocenters. The minimum atomic E-state index is -4.96. The van der Waals surface area contributed by atoms with Crippen LogP contribution >= 0.6 is 0 Å². The molecule has 1 aliphatic carbocycles. The summed E-state index contributed by atoms with van der Waals surface area (Å²) in [5.74, 6) is -2.57. The lowest BCUT2D eigenvalue weighted by Crippen LogP contribution is -2.47. The lowest BCUT2D eigenvalue weighted by molar-refractivity contribution is -0.167. The van der Waals surface area contributed by atoms with Crippen molar-refractivity contribution in [1.82, 2.24) is 4.98 Å². The zero-order valence-electron chi connectivity index (χ0n) is 10.3. The third-order valence-corrected chi connectivity index (χ3v) is 3.45. The zero-order chi connectivity index (χ0) is 15.0. The lowest BCUT2D eigenvalue weighted by atomic mass is 9.66. The average Bonchev–Trinajstić information content (AvgIpc) is 2.28. The van der Waals surface area contributed by atoms with Crippen molar-refractivity contribution in [2.45, 2.75) is 30.9 Å². The lowest BCUT2D eigenvalue weighted by Gasteiger charge is -2.38. The van der Waals surface area contributed by atoms with Gasteiger partial charge in [-0.1, -0.05) is 6.42 Å². The highest BCUT2D eigenvalue weighted by molar-refractivity contribution is 5.94. The monoisotopic (exact) mass is 287 g/mol. The number of aromatic nitrogens is 1.